The van der Waals surface area contributed by atoms with Crippen LogP contribution in [-0.4, -0.2) is 54.2 Å². The molecule has 0 saturated carbocycles. The van der Waals surface area contributed by atoms with Crippen LogP contribution in [0.1, 0.15) is 39.2 Å². The van der Waals surface area contributed by atoms with E-state index in [9.17, 15) is 9.59 Å². The molecular formula is C21H24N2O4. The number of hydrogen-bond acceptors (Lipinski definition) is 4. The van der Waals surface area contributed by atoms with Crippen molar-refractivity contribution in [2.24, 2.45) is 0 Å². The van der Waals surface area contributed by atoms with Gasteiger partial charge in [-0.05, 0) is 36.4 Å². The van der Waals surface area contributed by atoms with E-state index in [4.69, 9.17) is 9.84 Å². The Morgan fingerprint density at radius 3 is 2.41 bits per heavy atom. The molecule has 1 fully saturated rings. The number of nitrogens with zero attached hydrogens (tertiary/aromatic N) is 1. The summed E-state index contributed by atoms with van der Waals surface area (Å²) in [5, 5.41) is 11.9. The van der Waals surface area contributed by atoms with Gasteiger partial charge in [0, 0.05) is 18.7 Å². The Bertz CT molecular complexity index is 777. The summed E-state index contributed by atoms with van der Waals surface area (Å²) in [7, 11) is 0. The standard InChI is InChI=1S/C21H24N2O4/c1-2-23-12-13-27-18(19(23)15-6-4-3-5-7-15)14-22-20(24)16-8-10-17(11-9-16)21(25)26/h3-11,18-19H,2,12-14H2,1H3,(H,22,24)(H,25,26)/t18-,19-/m0/s1. The van der Waals surface area contributed by atoms with Gasteiger partial charge in [-0.1, -0.05) is 37.3 Å². The van der Waals surface area contributed by atoms with Crippen LogP contribution < -0.4 is 5.32 Å². The third-order valence-electron chi connectivity index (χ3n) is 4.86. The topological polar surface area (TPSA) is 78.9 Å². The molecule has 1 aliphatic heterocycles. The summed E-state index contributed by atoms with van der Waals surface area (Å²) >= 11 is 0. The van der Waals surface area contributed by atoms with Crippen molar-refractivity contribution in [3.63, 3.8) is 0 Å². The van der Waals surface area contributed by atoms with Crippen LogP contribution in [0.25, 0.3) is 0 Å². The van der Waals surface area contributed by atoms with E-state index in [1.54, 1.807) is 0 Å². The summed E-state index contributed by atoms with van der Waals surface area (Å²) < 4.78 is 5.98. The van der Waals surface area contributed by atoms with E-state index in [-0.39, 0.29) is 23.6 Å². The van der Waals surface area contributed by atoms with Crippen LogP contribution in [0.2, 0.25) is 0 Å². The molecule has 1 heterocycles. The van der Waals surface area contributed by atoms with Crippen molar-refractivity contribution in [1.29, 1.82) is 0 Å². The number of carboxylic acid groups (broad SMARTS) is 1. The summed E-state index contributed by atoms with van der Waals surface area (Å²) in [6.45, 7) is 4.91. The molecule has 6 heteroatoms. The van der Waals surface area contributed by atoms with Crippen molar-refractivity contribution in [2.45, 2.75) is 19.1 Å². The fourth-order valence-corrected chi connectivity index (χ4v) is 3.45. The summed E-state index contributed by atoms with van der Waals surface area (Å²) in [6.07, 6.45) is -0.150. The molecule has 0 spiro atoms. The van der Waals surface area contributed by atoms with Gasteiger partial charge in [0.25, 0.3) is 5.91 Å². The van der Waals surface area contributed by atoms with E-state index in [0.29, 0.717) is 18.7 Å². The third kappa shape index (κ3) is 4.53. The molecule has 0 aliphatic carbocycles. The molecule has 1 saturated heterocycles. The summed E-state index contributed by atoms with van der Waals surface area (Å²) in [4.78, 5) is 25.7. The maximum absolute atomic E-state index is 12.4. The molecule has 2 aromatic rings. The van der Waals surface area contributed by atoms with Crippen LogP contribution in [0, 0.1) is 0 Å². The molecule has 2 aromatic carbocycles. The fraction of sp³-hybridized carbons (Fsp3) is 0.333. The van der Waals surface area contributed by atoms with Crippen molar-refractivity contribution in [2.75, 3.05) is 26.2 Å². The number of ether oxygens (including phenoxy) is 1. The van der Waals surface area contributed by atoms with Crippen molar-refractivity contribution in [3.8, 4) is 0 Å². The Morgan fingerprint density at radius 2 is 1.78 bits per heavy atom. The average Bonchev–Trinajstić information content (AvgIpc) is 2.72. The van der Waals surface area contributed by atoms with Crippen molar-refractivity contribution in [3.05, 3.63) is 71.3 Å². The minimum atomic E-state index is -1.01. The second kappa shape index (κ2) is 8.79. The lowest BCUT2D eigenvalue weighted by Crippen LogP contribution is -2.49. The highest BCUT2D eigenvalue weighted by Gasteiger charge is 2.32. The smallest absolute Gasteiger partial charge is 0.335 e. The van der Waals surface area contributed by atoms with E-state index in [1.807, 2.05) is 18.2 Å². The highest BCUT2D eigenvalue weighted by Crippen LogP contribution is 2.29. The molecule has 3 rings (SSSR count). The number of benzene rings is 2. The Hall–Kier alpha value is -2.70. The van der Waals surface area contributed by atoms with Crippen molar-refractivity contribution >= 4 is 11.9 Å². The van der Waals surface area contributed by atoms with Crippen LogP contribution in [0.3, 0.4) is 0 Å². The molecule has 0 aromatic heterocycles. The lowest BCUT2D eigenvalue weighted by molar-refractivity contribution is -0.0685. The first-order valence-electron chi connectivity index (χ1n) is 9.12. The quantitative estimate of drug-likeness (QED) is 0.819. The van der Waals surface area contributed by atoms with E-state index in [0.717, 1.165) is 13.1 Å². The van der Waals surface area contributed by atoms with Gasteiger partial charge in [0.2, 0.25) is 0 Å². The van der Waals surface area contributed by atoms with E-state index < -0.39 is 5.97 Å². The molecule has 2 N–H and O–H groups in total. The van der Waals surface area contributed by atoms with Crippen LogP contribution >= 0.6 is 0 Å². The van der Waals surface area contributed by atoms with Gasteiger partial charge in [0.05, 0.1) is 24.3 Å². The zero-order valence-electron chi connectivity index (χ0n) is 15.3. The zero-order chi connectivity index (χ0) is 19.2. The molecule has 0 bridgehead atoms. The number of likely N-dealkylation sites (N-methyl/N-ethyl adjacent to an activating group) is 1. The van der Waals surface area contributed by atoms with Crippen LogP contribution in [-0.2, 0) is 4.74 Å². The van der Waals surface area contributed by atoms with Crippen LogP contribution in [0.5, 0.6) is 0 Å². The number of carboxylic acids is 1. The van der Waals surface area contributed by atoms with E-state index in [2.05, 4.69) is 29.3 Å². The third-order valence-corrected chi connectivity index (χ3v) is 4.86. The highest BCUT2D eigenvalue weighted by molar-refractivity contribution is 5.95. The van der Waals surface area contributed by atoms with Crippen LogP contribution in [0.4, 0.5) is 0 Å². The maximum Gasteiger partial charge on any atom is 0.335 e. The minimum absolute atomic E-state index is 0.0830. The maximum atomic E-state index is 12.4. The average molecular weight is 368 g/mol. The highest BCUT2D eigenvalue weighted by atomic mass is 16.5. The fourth-order valence-electron chi connectivity index (χ4n) is 3.45. The summed E-state index contributed by atoms with van der Waals surface area (Å²) in [5.41, 5.74) is 1.76. The number of nitrogens with one attached hydrogen (secondary N) is 1. The first-order chi connectivity index (χ1) is 13.1. The number of amides is 1. The molecule has 27 heavy (non-hydrogen) atoms. The molecule has 1 amide bonds. The zero-order valence-corrected chi connectivity index (χ0v) is 15.3. The van der Waals surface area contributed by atoms with Gasteiger partial charge in [-0.25, -0.2) is 4.79 Å². The Balaban J connectivity index is 1.69. The number of aromatic carboxylic acids is 1. The summed E-state index contributed by atoms with van der Waals surface area (Å²) in [5.74, 6) is -1.25. The monoisotopic (exact) mass is 368 g/mol. The van der Waals surface area contributed by atoms with Gasteiger partial charge >= 0.3 is 5.97 Å². The van der Waals surface area contributed by atoms with Gasteiger partial charge in [-0.2, -0.15) is 0 Å². The predicted octanol–water partition coefficient (Wildman–Crippen LogP) is 2.58. The predicted molar refractivity (Wildman–Crippen MR) is 102 cm³/mol. The van der Waals surface area contributed by atoms with Gasteiger partial charge in [0.15, 0.2) is 0 Å². The molecule has 1 aliphatic rings. The van der Waals surface area contributed by atoms with E-state index in [1.165, 1.54) is 29.8 Å². The summed E-state index contributed by atoms with van der Waals surface area (Å²) in [6, 6.07) is 16.2. The second-order valence-electron chi connectivity index (χ2n) is 6.49. The number of carbonyl (C=O) groups excluding carboxylic acids is 1. The number of hydrogen-bond donors (Lipinski definition) is 2. The first kappa shape index (κ1) is 19.1. The Labute approximate surface area is 158 Å². The first-order valence-corrected chi connectivity index (χ1v) is 9.12. The van der Waals surface area contributed by atoms with E-state index >= 15 is 0 Å². The van der Waals surface area contributed by atoms with Crippen molar-refractivity contribution < 1.29 is 19.4 Å². The molecule has 142 valence electrons. The molecule has 0 radical (unpaired) electrons. The SMILES string of the molecule is CCN1CCO[C@@H](CNC(=O)c2ccc(C(=O)O)cc2)[C@@H]1c1ccccc1. The molecular weight excluding hydrogens is 344 g/mol. The largest absolute Gasteiger partial charge is 0.478 e. The lowest BCUT2D eigenvalue weighted by atomic mass is 9.97. The Kier molecular flexibility index (Phi) is 6.21. The van der Waals surface area contributed by atoms with Gasteiger partial charge in [-0.15, -0.1) is 0 Å². The lowest BCUT2D eigenvalue weighted by Gasteiger charge is -2.41. The number of rotatable bonds is 6. The normalized spacial score (nSPS) is 20.2. The minimum Gasteiger partial charge on any atom is -0.478 e. The molecule has 6 nitrogen and oxygen atoms in total. The number of carbonyl (C=O) groups is 2. The second-order valence-corrected chi connectivity index (χ2v) is 6.49. The van der Waals surface area contributed by atoms with Gasteiger partial charge in [-0.3, -0.25) is 9.69 Å². The Morgan fingerprint density at radius 1 is 1.11 bits per heavy atom. The molecule has 2 atom stereocenters. The molecule has 0 unspecified atom stereocenters. The van der Waals surface area contributed by atoms with Gasteiger partial charge in [0.1, 0.15) is 0 Å². The number of morpholine rings is 1. The van der Waals surface area contributed by atoms with Crippen LogP contribution in [0.15, 0.2) is 54.6 Å². The van der Waals surface area contributed by atoms with Gasteiger partial charge < -0.3 is 15.2 Å². The van der Waals surface area contributed by atoms with Crippen molar-refractivity contribution in [1.82, 2.24) is 10.2 Å².